The zero-order chi connectivity index (χ0) is 24.3. The van der Waals surface area contributed by atoms with Gasteiger partial charge in [0.05, 0.1) is 17.3 Å². The lowest BCUT2D eigenvalue weighted by atomic mass is 10.1. The second kappa shape index (κ2) is 9.78. The van der Waals surface area contributed by atoms with Crippen LogP contribution in [0.15, 0.2) is 72.1 Å². The Morgan fingerprint density at radius 1 is 1.03 bits per heavy atom. The van der Waals surface area contributed by atoms with E-state index in [-0.39, 0.29) is 41.4 Å². The van der Waals surface area contributed by atoms with Gasteiger partial charge >= 0.3 is 0 Å². The number of rotatable bonds is 6. The number of imidazole rings is 1. The van der Waals surface area contributed by atoms with E-state index in [0.717, 1.165) is 11.3 Å². The summed E-state index contributed by atoms with van der Waals surface area (Å²) in [5, 5.41) is 2.93. The fraction of sp³-hybridized carbons (Fsp3) is 0.292. The number of nitrogens with one attached hydrogen (secondary N) is 1. The Labute approximate surface area is 199 Å². The number of nitrogens with zero attached hydrogens (tertiary/aromatic N) is 4. The van der Waals surface area contributed by atoms with Crippen molar-refractivity contribution >= 4 is 21.8 Å². The SMILES string of the molecule is CC(=O)N1CCN(S(=O)(=O)c2cccc(C(=O)NC(C)c3ccc(-n4ccnc4)cc3)c2)CC1. The van der Waals surface area contributed by atoms with Gasteiger partial charge in [0.15, 0.2) is 0 Å². The van der Waals surface area contributed by atoms with Crippen LogP contribution in [-0.4, -0.2) is 65.2 Å². The molecule has 1 aliphatic heterocycles. The maximum atomic E-state index is 13.1. The standard InChI is InChI=1S/C24H27N5O4S/c1-18(20-6-8-22(9-7-20)28-11-10-25-17-28)26-24(31)21-4-3-5-23(16-21)34(32,33)29-14-12-27(13-15-29)19(2)30/h3-11,16-18H,12-15H2,1-2H3,(H,26,31). The van der Waals surface area contributed by atoms with Crippen molar-refractivity contribution in [2.45, 2.75) is 24.8 Å². The Bertz CT molecular complexity index is 1260. The fourth-order valence-electron chi connectivity index (χ4n) is 3.90. The predicted molar refractivity (Wildman–Crippen MR) is 127 cm³/mol. The van der Waals surface area contributed by atoms with Gasteiger partial charge in [0.1, 0.15) is 0 Å². The van der Waals surface area contributed by atoms with Gasteiger partial charge in [-0.15, -0.1) is 0 Å². The summed E-state index contributed by atoms with van der Waals surface area (Å²) in [6.07, 6.45) is 5.27. The molecule has 9 nitrogen and oxygen atoms in total. The number of carbonyl (C=O) groups is 2. The molecule has 2 heterocycles. The zero-order valence-electron chi connectivity index (χ0n) is 19.1. The van der Waals surface area contributed by atoms with E-state index in [1.165, 1.54) is 23.4 Å². The minimum Gasteiger partial charge on any atom is -0.346 e. The van der Waals surface area contributed by atoms with E-state index in [2.05, 4.69) is 10.3 Å². The first-order chi connectivity index (χ1) is 16.3. The van der Waals surface area contributed by atoms with Crippen molar-refractivity contribution in [2.24, 2.45) is 0 Å². The van der Waals surface area contributed by atoms with E-state index < -0.39 is 10.0 Å². The molecular formula is C24H27N5O4S. The molecule has 1 atom stereocenters. The van der Waals surface area contributed by atoms with E-state index >= 15 is 0 Å². The molecule has 1 N–H and O–H groups in total. The van der Waals surface area contributed by atoms with Gasteiger partial charge in [-0.1, -0.05) is 18.2 Å². The summed E-state index contributed by atoms with van der Waals surface area (Å²) in [4.78, 5) is 30.1. The molecular weight excluding hydrogens is 454 g/mol. The number of carbonyl (C=O) groups excluding carboxylic acids is 2. The molecule has 178 valence electrons. The lowest BCUT2D eigenvalue weighted by Gasteiger charge is -2.33. The molecule has 1 saturated heterocycles. The third-order valence-electron chi connectivity index (χ3n) is 5.96. The second-order valence-corrected chi connectivity index (χ2v) is 10.1. The highest BCUT2D eigenvalue weighted by Crippen LogP contribution is 2.20. The summed E-state index contributed by atoms with van der Waals surface area (Å²) < 4.78 is 29.4. The average molecular weight is 482 g/mol. The number of hydrogen-bond acceptors (Lipinski definition) is 5. The molecule has 1 aliphatic rings. The van der Waals surface area contributed by atoms with Gasteiger partial charge in [0, 0.05) is 56.7 Å². The monoisotopic (exact) mass is 481 g/mol. The van der Waals surface area contributed by atoms with Crippen LogP contribution in [-0.2, 0) is 14.8 Å². The number of piperazine rings is 1. The molecule has 2 amide bonds. The van der Waals surface area contributed by atoms with Gasteiger partial charge in [-0.25, -0.2) is 13.4 Å². The largest absolute Gasteiger partial charge is 0.346 e. The fourth-order valence-corrected chi connectivity index (χ4v) is 5.37. The molecule has 0 aliphatic carbocycles. The van der Waals surface area contributed by atoms with Crippen molar-refractivity contribution in [1.29, 1.82) is 0 Å². The summed E-state index contributed by atoms with van der Waals surface area (Å²) in [5.41, 5.74) is 2.15. The highest BCUT2D eigenvalue weighted by atomic mass is 32.2. The number of hydrogen-bond donors (Lipinski definition) is 1. The van der Waals surface area contributed by atoms with Gasteiger partial charge in [-0.3, -0.25) is 9.59 Å². The summed E-state index contributed by atoms with van der Waals surface area (Å²) in [6.45, 7) is 4.51. The molecule has 0 radical (unpaired) electrons. The number of benzene rings is 2. The average Bonchev–Trinajstić information content (AvgIpc) is 3.39. The second-order valence-electron chi connectivity index (χ2n) is 8.19. The van der Waals surface area contributed by atoms with Gasteiger partial charge in [-0.2, -0.15) is 4.31 Å². The van der Waals surface area contributed by atoms with Crippen molar-refractivity contribution in [3.05, 3.63) is 78.4 Å². The van der Waals surface area contributed by atoms with Crippen LogP contribution in [0, 0.1) is 0 Å². The predicted octanol–water partition coefficient (Wildman–Crippen LogP) is 2.22. The van der Waals surface area contributed by atoms with E-state index in [9.17, 15) is 18.0 Å². The molecule has 0 spiro atoms. The summed E-state index contributed by atoms with van der Waals surface area (Å²) in [6, 6.07) is 13.5. The van der Waals surface area contributed by atoms with Crippen LogP contribution in [0.2, 0.25) is 0 Å². The normalized spacial score (nSPS) is 15.6. The molecule has 4 rings (SSSR count). The van der Waals surface area contributed by atoms with Gasteiger partial charge in [-0.05, 0) is 42.8 Å². The molecule has 1 fully saturated rings. The van der Waals surface area contributed by atoms with Crippen LogP contribution in [0.5, 0.6) is 0 Å². The molecule has 3 aromatic rings. The van der Waals surface area contributed by atoms with E-state index in [1.807, 2.05) is 42.0 Å². The Morgan fingerprint density at radius 3 is 2.35 bits per heavy atom. The van der Waals surface area contributed by atoms with Crippen LogP contribution in [0.3, 0.4) is 0 Å². The van der Waals surface area contributed by atoms with Crippen molar-refractivity contribution in [3.63, 3.8) is 0 Å². The Morgan fingerprint density at radius 2 is 1.74 bits per heavy atom. The van der Waals surface area contributed by atoms with Crippen molar-refractivity contribution in [1.82, 2.24) is 24.1 Å². The van der Waals surface area contributed by atoms with Gasteiger partial charge < -0.3 is 14.8 Å². The van der Waals surface area contributed by atoms with Crippen LogP contribution in [0.25, 0.3) is 5.69 Å². The summed E-state index contributed by atoms with van der Waals surface area (Å²) in [7, 11) is -3.77. The Hall–Kier alpha value is -3.50. The molecule has 0 saturated carbocycles. The number of aromatic nitrogens is 2. The third-order valence-corrected chi connectivity index (χ3v) is 7.86. The Balaban J connectivity index is 1.44. The Kier molecular flexibility index (Phi) is 6.80. The molecule has 1 aromatic heterocycles. The van der Waals surface area contributed by atoms with Gasteiger partial charge in [0.25, 0.3) is 5.91 Å². The molecule has 2 aromatic carbocycles. The van der Waals surface area contributed by atoms with E-state index in [4.69, 9.17) is 0 Å². The van der Waals surface area contributed by atoms with Crippen molar-refractivity contribution in [2.75, 3.05) is 26.2 Å². The van der Waals surface area contributed by atoms with Crippen LogP contribution in [0.1, 0.15) is 35.8 Å². The lowest BCUT2D eigenvalue weighted by molar-refractivity contribution is -0.129. The van der Waals surface area contributed by atoms with E-state index in [0.29, 0.717) is 13.1 Å². The maximum absolute atomic E-state index is 13.1. The third kappa shape index (κ3) is 5.02. The van der Waals surface area contributed by atoms with Crippen molar-refractivity contribution < 1.29 is 18.0 Å². The van der Waals surface area contributed by atoms with E-state index in [1.54, 1.807) is 29.6 Å². The molecule has 34 heavy (non-hydrogen) atoms. The summed E-state index contributed by atoms with van der Waals surface area (Å²) in [5.74, 6) is -0.425. The molecule has 1 unspecified atom stereocenters. The molecule has 10 heteroatoms. The number of amides is 2. The van der Waals surface area contributed by atoms with Crippen LogP contribution >= 0.6 is 0 Å². The summed E-state index contributed by atoms with van der Waals surface area (Å²) >= 11 is 0. The minimum absolute atomic E-state index is 0.0637. The van der Waals surface area contributed by atoms with Crippen molar-refractivity contribution in [3.8, 4) is 5.69 Å². The quantitative estimate of drug-likeness (QED) is 0.581. The first-order valence-corrected chi connectivity index (χ1v) is 12.4. The van der Waals surface area contributed by atoms with Gasteiger partial charge in [0.2, 0.25) is 15.9 Å². The maximum Gasteiger partial charge on any atom is 0.251 e. The highest BCUT2D eigenvalue weighted by molar-refractivity contribution is 7.89. The first-order valence-electron chi connectivity index (χ1n) is 11.0. The molecule has 0 bridgehead atoms. The zero-order valence-corrected chi connectivity index (χ0v) is 19.9. The highest BCUT2D eigenvalue weighted by Gasteiger charge is 2.29. The number of sulfonamides is 1. The van der Waals surface area contributed by atoms with Crippen LogP contribution < -0.4 is 5.32 Å². The first kappa shape index (κ1) is 23.7. The minimum atomic E-state index is -3.77. The topological polar surface area (TPSA) is 105 Å². The smallest absolute Gasteiger partial charge is 0.251 e. The lowest BCUT2D eigenvalue weighted by Crippen LogP contribution is -2.49. The van der Waals surface area contributed by atoms with Crippen LogP contribution in [0.4, 0.5) is 0 Å².